The lowest BCUT2D eigenvalue weighted by atomic mass is 9.69. The minimum absolute atomic E-state index is 0.0790. The first-order valence-corrected chi connectivity index (χ1v) is 17.7. The first kappa shape index (κ1) is 33.3. The highest BCUT2D eigenvalue weighted by molar-refractivity contribution is 7.17. The zero-order valence-electron chi connectivity index (χ0n) is 28.5. The second-order valence-electron chi connectivity index (χ2n) is 14.0. The first-order valence-electron chi connectivity index (χ1n) is 16.9. The second kappa shape index (κ2) is 12.2. The molecule has 51 heavy (non-hydrogen) atoms. The van der Waals surface area contributed by atoms with Crippen molar-refractivity contribution in [3.63, 3.8) is 0 Å². The summed E-state index contributed by atoms with van der Waals surface area (Å²) in [7, 11) is 4.80. The number of benzene rings is 2. The Bertz CT molecular complexity index is 2150. The number of carbonyl (C=O) groups excluding carboxylic acids is 3. The number of hydrogen-bond donors (Lipinski definition) is 1. The molecule has 0 radical (unpaired) electrons. The molecule has 2 aromatic heterocycles. The van der Waals surface area contributed by atoms with Gasteiger partial charge in [0.2, 0.25) is 11.8 Å². The van der Waals surface area contributed by atoms with E-state index < -0.39 is 29.8 Å². The molecule has 1 spiro atoms. The fraction of sp³-hybridized carbons (Fsp3) is 0.405. The number of pyridine rings is 1. The number of aryl methyl sites for hydroxylation is 1. The Morgan fingerprint density at radius 3 is 2.41 bits per heavy atom. The van der Waals surface area contributed by atoms with Crippen molar-refractivity contribution in [3.8, 4) is 22.6 Å². The lowest BCUT2D eigenvalue weighted by molar-refractivity contribution is -0.181. The van der Waals surface area contributed by atoms with Gasteiger partial charge in [-0.15, -0.1) is 11.3 Å². The predicted octanol–water partition coefficient (Wildman–Crippen LogP) is 4.39. The quantitative estimate of drug-likeness (QED) is 0.280. The van der Waals surface area contributed by atoms with Crippen LogP contribution in [0.15, 0.2) is 52.8 Å². The maximum Gasteiger partial charge on any atom is 0.269 e. The summed E-state index contributed by atoms with van der Waals surface area (Å²) in [5.41, 5.74) is 2.98. The van der Waals surface area contributed by atoms with Crippen molar-refractivity contribution in [2.45, 2.75) is 44.3 Å². The average molecular weight is 718 g/mol. The van der Waals surface area contributed by atoms with Crippen LogP contribution in [0.5, 0.6) is 11.5 Å². The molecule has 3 fully saturated rings. The van der Waals surface area contributed by atoms with Gasteiger partial charge in [-0.25, -0.2) is 8.78 Å². The lowest BCUT2D eigenvalue weighted by Crippen LogP contribution is -2.70. The molecule has 3 saturated heterocycles. The van der Waals surface area contributed by atoms with Crippen molar-refractivity contribution >= 4 is 44.8 Å². The number of halogens is 2. The van der Waals surface area contributed by atoms with Gasteiger partial charge in [0.1, 0.15) is 17.5 Å². The van der Waals surface area contributed by atoms with Gasteiger partial charge in [0.15, 0.2) is 0 Å². The van der Waals surface area contributed by atoms with Crippen molar-refractivity contribution in [1.29, 1.82) is 0 Å². The zero-order chi connectivity index (χ0) is 35.8. The SMILES string of the molecule is COc1cc(-c2cn(C)c(=O)c3ccsc23)cc(OC)c1CN1CCC2(CN(c3ccc4c(c3)C(=O)N(C3CCC(=O)NC3=O)C4)C2)C(F)(F)C1. The number of piperidine rings is 2. The number of hydrogen-bond acceptors (Lipinski definition) is 9. The van der Waals surface area contributed by atoms with Crippen molar-refractivity contribution in [2.24, 2.45) is 12.5 Å². The summed E-state index contributed by atoms with van der Waals surface area (Å²) in [6, 6.07) is 10.3. The number of fused-ring (bicyclic) bond motifs is 2. The molecule has 0 saturated carbocycles. The van der Waals surface area contributed by atoms with Crippen LogP contribution in [0, 0.1) is 5.41 Å². The summed E-state index contributed by atoms with van der Waals surface area (Å²) >= 11 is 1.48. The summed E-state index contributed by atoms with van der Waals surface area (Å²) in [6.45, 7) is 0.835. The van der Waals surface area contributed by atoms with E-state index in [4.69, 9.17) is 9.47 Å². The summed E-state index contributed by atoms with van der Waals surface area (Å²) in [4.78, 5) is 55.1. The smallest absolute Gasteiger partial charge is 0.269 e. The number of likely N-dealkylation sites (tertiary alicyclic amines) is 1. The van der Waals surface area contributed by atoms with Gasteiger partial charge in [0.05, 0.1) is 37.1 Å². The second-order valence-corrected chi connectivity index (χ2v) is 14.9. The minimum Gasteiger partial charge on any atom is -0.496 e. The standard InChI is InChI=1S/C37H37F2N5O6S/c1-41-16-26(32-24(34(41)47)8-11-51-32)22-12-29(49-2)27(30(13-22)50-3)17-42-10-9-36(37(38,39)20-42)18-43(19-36)23-5-4-21-15-44(35(48)25(21)14-23)28-6-7-31(45)40-33(28)46/h4-5,8,11-14,16,28H,6-7,9-10,15,17-20H2,1-3H3,(H,40,45,46). The third-order valence-corrected chi connectivity index (χ3v) is 12.0. The van der Waals surface area contributed by atoms with Crippen LogP contribution in [-0.2, 0) is 29.7 Å². The summed E-state index contributed by atoms with van der Waals surface area (Å²) in [6.07, 6.45) is 2.53. The molecule has 4 aromatic rings. The molecule has 3 amide bonds. The molecule has 11 nitrogen and oxygen atoms in total. The van der Waals surface area contributed by atoms with Crippen molar-refractivity contribution in [2.75, 3.05) is 45.3 Å². The molecular formula is C37H37F2N5O6S. The normalized spacial score (nSPS) is 21.2. The van der Waals surface area contributed by atoms with Crippen LogP contribution < -0.4 is 25.2 Å². The van der Waals surface area contributed by atoms with Crippen molar-refractivity contribution in [3.05, 3.63) is 75.0 Å². The van der Waals surface area contributed by atoms with E-state index in [1.165, 1.54) is 16.2 Å². The number of methoxy groups -OCH3 is 2. The van der Waals surface area contributed by atoms with E-state index in [0.29, 0.717) is 46.7 Å². The highest BCUT2D eigenvalue weighted by Gasteiger charge is 2.62. The molecule has 8 rings (SSSR count). The maximum absolute atomic E-state index is 16.1. The maximum atomic E-state index is 16.1. The Kier molecular flexibility index (Phi) is 7.94. The van der Waals surface area contributed by atoms with E-state index in [1.807, 2.05) is 40.6 Å². The number of ether oxygens (including phenoxy) is 2. The third-order valence-electron chi connectivity index (χ3n) is 11.1. The van der Waals surface area contributed by atoms with Gasteiger partial charge in [-0.2, -0.15) is 0 Å². The Hall–Kier alpha value is -4.82. The Labute approximate surface area is 296 Å². The monoisotopic (exact) mass is 717 g/mol. The fourth-order valence-corrected chi connectivity index (χ4v) is 9.05. The Morgan fingerprint density at radius 1 is 0.980 bits per heavy atom. The van der Waals surface area contributed by atoms with E-state index in [-0.39, 0.29) is 56.4 Å². The van der Waals surface area contributed by atoms with E-state index in [9.17, 15) is 19.2 Å². The highest BCUT2D eigenvalue weighted by Crippen LogP contribution is 2.52. The first-order chi connectivity index (χ1) is 24.4. The summed E-state index contributed by atoms with van der Waals surface area (Å²) < 4.78 is 46.2. The zero-order valence-corrected chi connectivity index (χ0v) is 29.3. The largest absolute Gasteiger partial charge is 0.496 e. The molecule has 6 heterocycles. The van der Waals surface area contributed by atoms with Crippen LogP contribution >= 0.6 is 11.3 Å². The molecule has 0 aliphatic carbocycles. The van der Waals surface area contributed by atoms with Crippen LogP contribution in [0.3, 0.4) is 0 Å². The molecule has 2 aromatic carbocycles. The third kappa shape index (κ3) is 5.38. The number of amides is 3. The molecule has 266 valence electrons. The van der Waals surface area contributed by atoms with Gasteiger partial charge in [-0.3, -0.25) is 29.4 Å². The number of anilines is 1. The molecule has 1 unspecified atom stereocenters. The molecule has 0 bridgehead atoms. The van der Waals surface area contributed by atoms with Crippen LogP contribution in [0.2, 0.25) is 0 Å². The number of imide groups is 1. The van der Waals surface area contributed by atoms with Gasteiger partial charge < -0.3 is 23.8 Å². The van der Waals surface area contributed by atoms with E-state index >= 15 is 8.78 Å². The Morgan fingerprint density at radius 2 is 1.73 bits per heavy atom. The van der Waals surface area contributed by atoms with Crippen LogP contribution in [-0.4, -0.2) is 84.5 Å². The lowest BCUT2D eigenvalue weighted by Gasteiger charge is -2.58. The predicted molar refractivity (Wildman–Crippen MR) is 188 cm³/mol. The van der Waals surface area contributed by atoms with Gasteiger partial charge in [0.25, 0.3) is 17.4 Å². The number of thiophene rings is 1. The van der Waals surface area contributed by atoms with Crippen LogP contribution in [0.1, 0.15) is 40.7 Å². The summed E-state index contributed by atoms with van der Waals surface area (Å²) in [5.74, 6) is -3.04. The number of nitrogens with zero attached hydrogens (tertiary/aromatic N) is 4. The summed E-state index contributed by atoms with van der Waals surface area (Å²) in [5, 5.41) is 4.82. The van der Waals surface area contributed by atoms with Crippen molar-refractivity contribution in [1.82, 2.24) is 19.7 Å². The topological polar surface area (TPSA) is 113 Å². The molecular weight excluding hydrogens is 680 g/mol. The van der Waals surface area contributed by atoms with E-state index in [0.717, 1.165) is 21.4 Å². The number of rotatable bonds is 7. The number of alkyl halides is 2. The molecule has 1 atom stereocenters. The Balaban J connectivity index is 0.966. The molecule has 4 aliphatic heterocycles. The van der Waals surface area contributed by atoms with Gasteiger partial charge in [-0.1, -0.05) is 6.07 Å². The highest BCUT2D eigenvalue weighted by atomic mass is 32.1. The van der Waals surface area contributed by atoms with Gasteiger partial charge >= 0.3 is 0 Å². The van der Waals surface area contributed by atoms with Crippen LogP contribution in [0.25, 0.3) is 21.2 Å². The van der Waals surface area contributed by atoms with E-state index in [2.05, 4.69) is 5.32 Å². The average Bonchev–Trinajstić information content (AvgIpc) is 3.70. The number of aromatic nitrogens is 1. The molecule has 1 N–H and O–H groups in total. The fourth-order valence-electron chi connectivity index (χ4n) is 8.13. The number of nitrogens with one attached hydrogen (secondary N) is 1. The van der Waals surface area contributed by atoms with Gasteiger partial charge in [0, 0.05) is 67.4 Å². The molecule has 14 heteroatoms. The number of carbonyl (C=O) groups is 3. The van der Waals surface area contributed by atoms with Crippen molar-refractivity contribution < 1.29 is 32.6 Å². The van der Waals surface area contributed by atoms with Gasteiger partial charge in [-0.05, 0) is 66.2 Å². The minimum atomic E-state index is -2.98. The molecule has 4 aliphatic rings. The van der Waals surface area contributed by atoms with Crippen LogP contribution in [0.4, 0.5) is 14.5 Å². The van der Waals surface area contributed by atoms with E-state index in [1.54, 1.807) is 43.0 Å².